The molecule has 0 amide bonds. The quantitative estimate of drug-likeness (QED) is 0.534. The van der Waals surface area contributed by atoms with Crippen molar-refractivity contribution in [1.82, 2.24) is 0 Å². The third-order valence-electron chi connectivity index (χ3n) is 2.92. The zero-order valence-electron chi connectivity index (χ0n) is 10.6. The van der Waals surface area contributed by atoms with Crippen LogP contribution in [0.2, 0.25) is 0 Å². The number of thioether (sulfide) groups is 2. The van der Waals surface area contributed by atoms with Gasteiger partial charge in [-0.2, -0.15) is 0 Å². The SMILES string of the molecule is C#CCCC(=C)C1(C(C)(C)C)SCCCS1. The van der Waals surface area contributed by atoms with Crippen molar-refractivity contribution < 1.29 is 0 Å². The molecule has 0 nitrogen and oxygen atoms in total. The van der Waals surface area contributed by atoms with Crippen molar-refractivity contribution in [2.45, 2.75) is 44.1 Å². The molecule has 0 saturated carbocycles. The topological polar surface area (TPSA) is 0 Å². The maximum Gasteiger partial charge on any atom is 0.0866 e. The highest BCUT2D eigenvalue weighted by Crippen LogP contribution is 2.57. The van der Waals surface area contributed by atoms with Crippen molar-refractivity contribution in [3.05, 3.63) is 12.2 Å². The summed E-state index contributed by atoms with van der Waals surface area (Å²) in [4.78, 5) is 0. The minimum Gasteiger partial charge on any atom is -0.139 e. The summed E-state index contributed by atoms with van der Waals surface area (Å²) in [6, 6.07) is 0. The second-order valence-electron chi connectivity index (χ2n) is 5.22. The van der Waals surface area contributed by atoms with Gasteiger partial charge in [-0.25, -0.2) is 0 Å². The van der Waals surface area contributed by atoms with Gasteiger partial charge in [0.15, 0.2) is 0 Å². The van der Waals surface area contributed by atoms with E-state index in [2.05, 4.69) is 56.8 Å². The van der Waals surface area contributed by atoms with Crippen LogP contribution < -0.4 is 0 Å². The smallest absolute Gasteiger partial charge is 0.0866 e. The molecule has 2 heteroatoms. The van der Waals surface area contributed by atoms with Gasteiger partial charge in [0.05, 0.1) is 4.08 Å². The molecule has 1 aliphatic rings. The molecule has 0 aromatic carbocycles. The average Bonchev–Trinajstić information content (AvgIpc) is 2.25. The summed E-state index contributed by atoms with van der Waals surface area (Å²) in [5.74, 6) is 5.23. The van der Waals surface area contributed by atoms with Gasteiger partial charge < -0.3 is 0 Å². The lowest BCUT2D eigenvalue weighted by atomic mass is 9.85. The minimum atomic E-state index is 0.169. The summed E-state index contributed by atoms with van der Waals surface area (Å²) >= 11 is 4.14. The molecular weight excluding hydrogens is 232 g/mol. The average molecular weight is 254 g/mol. The summed E-state index contributed by atoms with van der Waals surface area (Å²) in [7, 11) is 0. The summed E-state index contributed by atoms with van der Waals surface area (Å²) in [6.07, 6.45) is 8.45. The van der Waals surface area contributed by atoms with Gasteiger partial charge in [-0.1, -0.05) is 32.9 Å². The second kappa shape index (κ2) is 5.56. The maximum atomic E-state index is 5.35. The van der Waals surface area contributed by atoms with Crippen LogP contribution in [0.15, 0.2) is 12.2 Å². The number of hydrogen-bond acceptors (Lipinski definition) is 2. The summed E-state index contributed by atoms with van der Waals surface area (Å²) in [6.45, 7) is 11.3. The van der Waals surface area contributed by atoms with Crippen LogP contribution in [0.4, 0.5) is 0 Å². The number of rotatable bonds is 3. The van der Waals surface area contributed by atoms with Crippen LogP contribution in [-0.2, 0) is 0 Å². The first-order valence-electron chi connectivity index (χ1n) is 5.83. The Morgan fingerprint density at radius 1 is 1.38 bits per heavy atom. The van der Waals surface area contributed by atoms with E-state index >= 15 is 0 Å². The third-order valence-corrected chi connectivity index (χ3v) is 7.23. The fourth-order valence-electron chi connectivity index (χ4n) is 2.09. The highest BCUT2D eigenvalue weighted by atomic mass is 32.2. The summed E-state index contributed by atoms with van der Waals surface area (Å²) in [5.41, 5.74) is 1.57. The molecule has 0 bridgehead atoms. The molecule has 0 aliphatic carbocycles. The van der Waals surface area contributed by atoms with Gasteiger partial charge in [0, 0.05) is 6.42 Å². The first-order chi connectivity index (χ1) is 7.44. The van der Waals surface area contributed by atoms with Crippen molar-refractivity contribution >= 4 is 23.5 Å². The van der Waals surface area contributed by atoms with Crippen LogP contribution in [0.5, 0.6) is 0 Å². The van der Waals surface area contributed by atoms with E-state index in [1.54, 1.807) is 0 Å². The molecule has 1 heterocycles. The van der Waals surface area contributed by atoms with Gasteiger partial charge in [0.25, 0.3) is 0 Å². The summed E-state index contributed by atoms with van der Waals surface area (Å²) < 4.78 is 0.169. The Bertz CT molecular complexity index is 285. The molecule has 0 radical (unpaired) electrons. The van der Waals surface area contributed by atoms with Crippen molar-refractivity contribution in [3.8, 4) is 12.3 Å². The van der Waals surface area contributed by atoms with Crippen molar-refractivity contribution in [2.75, 3.05) is 11.5 Å². The molecule has 0 spiro atoms. The van der Waals surface area contributed by atoms with Gasteiger partial charge in [-0.3, -0.25) is 0 Å². The zero-order valence-corrected chi connectivity index (χ0v) is 12.3. The molecule has 0 atom stereocenters. The van der Waals surface area contributed by atoms with E-state index in [0.717, 1.165) is 12.8 Å². The monoisotopic (exact) mass is 254 g/mol. The highest BCUT2D eigenvalue weighted by Gasteiger charge is 2.46. The predicted molar refractivity (Wildman–Crippen MR) is 78.9 cm³/mol. The van der Waals surface area contributed by atoms with Crippen LogP contribution in [0, 0.1) is 17.8 Å². The number of terminal acetylenes is 1. The van der Waals surface area contributed by atoms with Crippen molar-refractivity contribution in [1.29, 1.82) is 0 Å². The van der Waals surface area contributed by atoms with E-state index in [9.17, 15) is 0 Å². The van der Waals surface area contributed by atoms with Gasteiger partial charge in [0.1, 0.15) is 0 Å². The summed E-state index contributed by atoms with van der Waals surface area (Å²) in [5, 5.41) is 0. The van der Waals surface area contributed by atoms with Crippen LogP contribution in [0.3, 0.4) is 0 Å². The lowest BCUT2D eigenvalue weighted by Crippen LogP contribution is -2.40. The Kier molecular flexibility index (Phi) is 4.88. The molecule has 0 unspecified atom stereocenters. The van der Waals surface area contributed by atoms with Gasteiger partial charge in [-0.05, 0) is 29.8 Å². The fraction of sp³-hybridized carbons (Fsp3) is 0.714. The van der Waals surface area contributed by atoms with E-state index in [1.165, 1.54) is 23.5 Å². The van der Waals surface area contributed by atoms with E-state index in [4.69, 9.17) is 6.42 Å². The van der Waals surface area contributed by atoms with Crippen molar-refractivity contribution in [2.24, 2.45) is 5.41 Å². The van der Waals surface area contributed by atoms with E-state index in [0.29, 0.717) is 0 Å². The van der Waals surface area contributed by atoms with Crippen LogP contribution in [0.1, 0.15) is 40.0 Å². The lowest BCUT2D eigenvalue weighted by Gasteiger charge is -2.47. The highest BCUT2D eigenvalue weighted by molar-refractivity contribution is 8.19. The van der Waals surface area contributed by atoms with Crippen LogP contribution in [-0.4, -0.2) is 15.6 Å². The predicted octanol–water partition coefficient (Wildman–Crippen LogP) is 4.57. The molecule has 0 aromatic heterocycles. The molecule has 90 valence electrons. The zero-order chi connectivity index (χ0) is 12.2. The lowest BCUT2D eigenvalue weighted by molar-refractivity contribution is 0.391. The maximum absolute atomic E-state index is 5.35. The Morgan fingerprint density at radius 2 is 1.94 bits per heavy atom. The second-order valence-corrected chi connectivity index (χ2v) is 8.10. The molecule has 16 heavy (non-hydrogen) atoms. The Labute approximate surface area is 109 Å². The van der Waals surface area contributed by atoms with Gasteiger partial charge in [0.2, 0.25) is 0 Å². The van der Waals surface area contributed by atoms with Gasteiger partial charge in [-0.15, -0.1) is 35.9 Å². The standard InChI is InChI=1S/C14H22S2/c1-6-7-9-12(2)14(13(3,4)5)15-10-8-11-16-14/h1H,2,7-11H2,3-5H3. The molecule has 0 N–H and O–H groups in total. The molecular formula is C14H22S2. The first kappa shape index (κ1) is 14.1. The van der Waals surface area contributed by atoms with Crippen molar-refractivity contribution in [3.63, 3.8) is 0 Å². The molecule has 1 rings (SSSR count). The number of hydrogen-bond donors (Lipinski definition) is 0. The molecule has 1 fully saturated rings. The Morgan fingerprint density at radius 3 is 2.38 bits per heavy atom. The van der Waals surface area contributed by atoms with Crippen LogP contribution in [0.25, 0.3) is 0 Å². The van der Waals surface area contributed by atoms with E-state index in [1.807, 2.05) is 0 Å². The molecule has 0 aromatic rings. The third kappa shape index (κ3) is 2.81. The van der Waals surface area contributed by atoms with Gasteiger partial charge >= 0.3 is 0 Å². The van der Waals surface area contributed by atoms with Crippen LogP contribution >= 0.6 is 23.5 Å². The van der Waals surface area contributed by atoms with E-state index < -0.39 is 0 Å². The van der Waals surface area contributed by atoms with E-state index in [-0.39, 0.29) is 9.49 Å². The first-order valence-corrected chi connectivity index (χ1v) is 7.81. The Balaban J connectivity index is 2.87. The minimum absolute atomic E-state index is 0.169. The normalized spacial score (nSPS) is 20.1. The fourth-order valence-corrected chi connectivity index (χ4v) is 5.73. The molecule has 1 saturated heterocycles. The molecule has 1 aliphatic heterocycles. The largest absolute Gasteiger partial charge is 0.139 e. The Hall–Kier alpha value is -0.000000000000000111.